The van der Waals surface area contributed by atoms with E-state index in [-0.39, 0.29) is 5.91 Å². The highest BCUT2D eigenvalue weighted by Gasteiger charge is 2.06. The maximum atomic E-state index is 11.4. The Morgan fingerprint density at radius 3 is 2.65 bits per heavy atom. The Kier molecular flexibility index (Phi) is 3.99. The average molecular weight is 234 g/mol. The molecule has 2 N–H and O–H groups in total. The minimum absolute atomic E-state index is 0.199. The number of hydrogen-bond acceptors (Lipinski definition) is 4. The molecular weight excluding hydrogens is 220 g/mol. The number of carbonyl (C=O) groups is 1. The molecule has 0 atom stereocenters. The van der Waals surface area contributed by atoms with Crippen molar-refractivity contribution in [2.45, 2.75) is 6.54 Å². The summed E-state index contributed by atoms with van der Waals surface area (Å²) in [6.07, 6.45) is 3.11. The highest BCUT2D eigenvalue weighted by atomic mass is 16.3. The summed E-state index contributed by atoms with van der Waals surface area (Å²) in [6, 6.07) is 7.06. The third kappa shape index (κ3) is 3.49. The first kappa shape index (κ1) is 11.5. The van der Waals surface area contributed by atoms with Crippen molar-refractivity contribution >= 4 is 5.91 Å². The number of hydrogen-bond donors (Lipinski definition) is 2. The van der Waals surface area contributed by atoms with Gasteiger partial charge in [-0.15, -0.1) is 0 Å². The minimum Gasteiger partial charge on any atom is -0.468 e. The summed E-state index contributed by atoms with van der Waals surface area (Å²) in [6.45, 7) is 1.87. The van der Waals surface area contributed by atoms with E-state index in [4.69, 9.17) is 8.83 Å². The second-order valence-corrected chi connectivity index (χ2v) is 3.49. The fraction of sp³-hybridized carbons (Fsp3) is 0.250. The van der Waals surface area contributed by atoms with Crippen LogP contribution in [0.2, 0.25) is 0 Å². The Balaban J connectivity index is 1.59. The summed E-state index contributed by atoms with van der Waals surface area (Å²) >= 11 is 0. The van der Waals surface area contributed by atoms with E-state index in [1.54, 1.807) is 18.4 Å². The fourth-order valence-electron chi connectivity index (χ4n) is 1.38. The van der Waals surface area contributed by atoms with Crippen LogP contribution in [0.5, 0.6) is 0 Å². The van der Waals surface area contributed by atoms with Crippen molar-refractivity contribution in [3.63, 3.8) is 0 Å². The minimum atomic E-state index is -0.199. The maximum Gasteiger partial charge on any atom is 0.287 e. The van der Waals surface area contributed by atoms with Gasteiger partial charge in [-0.3, -0.25) is 4.79 Å². The third-order valence-electron chi connectivity index (χ3n) is 2.21. The zero-order valence-electron chi connectivity index (χ0n) is 9.31. The van der Waals surface area contributed by atoms with Crippen LogP contribution >= 0.6 is 0 Å². The Hall–Kier alpha value is -2.01. The van der Waals surface area contributed by atoms with Gasteiger partial charge >= 0.3 is 0 Å². The highest BCUT2D eigenvalue weighted by molar-refractivity contribution is 5.91. The second-order valence-electron chi connectivity index (χ2n) is 3.49. The first-order valence-corrected chi connectivity index (χ1v) is 5.41. The lowest BCUT2D eigenvalue weighted by molar-refractivity contribution is 0.0926. The van der Waals surface area contributed by atoms with Crippen LogP contribution in [-0.2, 0) is 6.54 Å². The van der Waals surface area contributed by atoms with Gasteiger partial charge < -0.3 is 19.5 Å². The van der Waals surface area contributed by atoms with Crippen molar-refractivity contribution in [2.24, 2.45) is 0 Å². The normalized spacial score (nSPS) is 10.4. The third-order valence-corrected chi connectivity index (χ3v) is 2.21. The zero-order valence-corrected chi connectivity index (χ0v) is 9.31. The molecule has 0 bridgehead atoms. The quantitative estimate of drug-likeness (QED) is 0.741. The molecule has 90 valence electrons. The largest absolute Gasteiger partial charge is 0.468 e. The van der Waals surface area contributed by atoms with Gasteiger partial charge in [-0.1, -0.05) is 0 Å². The van der Waals surface area contributed by atoms with Gasteiger partial charge in [0.2, 0.25) is 0 Å². The van der Waals surface area contributed by atoms with Gasteiger partial charge in [0.1, 0.15) is 5.76 Å². The predicted molar refractivity (Wildman–Crippen MR) is 61.5 cm³/mol. The lowest BCUT2D eigenvalue weighted by atomic mass is 10.4. The van der Waals surface area contributed by atoms with Crippen LogP contribution < -0.4 is 10.6 Å². The van der Waals surface area contributed by atoms with E-state index in [2.05, 4.69) is 10.6 Å². The second kappa shape index (κ2) is 5.91. The maximum absolute atomic E-state index is 11.4. The van der Waals surface area contributed by atoms with Crippen LogP contribution in [0.1, 0.15) is 16.3 Å². The Labute approximate surface area is 98.8 Å². The van der Waals surface area contributed by atoms with Crippen LogP contribution in [0.15, 0.2) is 45.6 Å². The van der Waals surface area contributed by atoms with Gasteiger partial charge in [0, 0.05) is 13.1 Å². The summed E-state index contributed by atoms with van der Waals surface area (Å²) in [5.41, 5.74) is 0. The molecule has 0 aliphatic rings. The lowest BCUT2D eigenvalue weighted by Crippen LogP contribution is -2.31. The van der Waals surface area contributed by atoms with Crippen LogP contribution in [0, 0.1) is 0 Å². The molecule has 0 aromatic carbocycles. The van der Waals surface area contributed by atoms with Crippen LogP contribution in [0.3, 0.4) is 0 Å². The van der Waals surface area contributed by atoms with Crippen molar-refractivity contribution in [2.75, 3.05) is 13.1 Å². The van der Waals surface area contributed by atoms with E-state index in [1.807, 2.05) is 12.1 Å². The molecule has 0 spiro atoms. The Morgan fingerprint density at radius 2 is 1.94 bits per heavy atom. The van der Waals surface area contributed by atoms with E-state index in [0.29, 0.717) is 25.4 Å². The van der Waals surface area contributed by atoms with Crippen molar-refractivity contribution in [3.8, 4) is 0 Å². The molecule has 0 aliphatic heterocycles. The van der Waals surface area contributed by atoms with E-state index < -0.39 is 0 Å². The summed E-state index contributed by atoms with van der Waals surface area (Å²) in [5.74, 6) is 1.01. The van der Waals surface area contributed by atoms with Gasteiger partial charge in [0.25, 0.3) is 5.91 Å². The zero-order chi connectivity index (χ0) is 11.9. The van der Waals surface area contributed by atoms with Gasteiger partial charge in [-0.2, -0.15) is 0 Å². The summed E-state index contributed by atoms with van der Waals surface area (Å²) in [7, 11) is 0. The van der Waals surface area contributed by atoms with Crippen molar-refractivity contribution in [1.29, 1.82) is 0 Å². The van der Waals surface area contributed by atoms with Crippen LogP contribution in [0.25, 0.3) is 0 Å². The summed E-state index contributed by atoms with van der Waals surface area (Å²) < 4.78 is 10.1. The first-order valence-electron chi connectivity index (χ1n) is 5.41. The number of carbonyl (C=O) groups excluding carboxylic acids is 1. The highest BCUT2D eigenvalue weighted by Crippen LogP contribution is 1.99. The molecule has 5 heteroatoms. The first-order chi connectivity index (χ1) is 8.36. The molecule has 0 saturated heterocycles. The predicted octanol–water partition coefficient (Wildman–Crippen LogP) is 1.39. The van der Waals surface area contributed by atoms with Gasteiger partial charge in [-0.05, 0) is 24.3 Å². The number of nitrogens with one attached hydrogen (secondary N) is 2. The van der Waals surface area contributed by atoms with Gasteiger partial charge in [0.15, 0.2) is 5.76 Å². The topological polar surface area (TPSA) is 67.4 Å². The standard InChI is InChI=1S/C12H14N2O3/c15-12(11-4-2-8-17-11)14-6-5-13-9-10-3-1-7-16-10/h1-4,7-8,13H,5-6,9H2,(H,14,15). The Morgan fingerprint density at radius 1 is 1.12 bits per heavy atom. The molecule has 2 aromatic heterocycles. The molecule has 2 aromatic rings. The number of furan rings is 2. The molecule has 0 saturated carbocycles. The van der Waals surface area contributed by atoms with Crippen LogP contribution in [0.4, 0.5) is 0 Å². The lowest BCUT2D eigenvalue weighted by Gasteiger charge is -2.04. The summed E-state index contributed by atoms with van der Waals surface area (Å²) in [5, 5.41) is 5.89. The molecule has 2 heterocycles. The van der Waals surface area contributed by atoms with Crippen LogP contribution in [-0.4, -0.2) is 19.0 Å². The molecule has 0 radical (unpaired) electrons. The molecule has 0 fully saturated rings. The van der Waals surface area contributed by atoms with E-state index >= 15 is 0 Å². The Bertz CT molecular complexity index is 434. The van der Waals surface area contributed by atoms with Crippen molar-refractivity contribution in [3.05, 3.63) is 48.3 Å². The smallest absolute Gasteiger partial charge is 0.287 e. The average Bonchev–Trinajstić information content (AvgIpc) is 3.01. The molecule has 5 nitrogen and oxygen atoms in total. The summed E-state index contributed by atoms with van der Waals surface area (Å²) in [4.78, 5) is 11.4. The van der Waals surface area contributed by atoms with Crippen molar-refractivity contribution < 1.29 is 13.6 Å². The molecule has 1 amide bonds. The number of amides is 1. The molecular formula is C12H14N2O3. The molecule has 0 aliphatic carbocycles. The van der Waals surface area contributed by atoms with E-state index in [0.717, 1.165) is 5.76 Å². The SMILES string of the molecule is O=C(NCCNCc1ccco1)c1ccco1. The van der Waals surface area contributed by atoms with Gasteiger partial charge in [0.05, 0.1) is 19.1 Å². The molecule has 2 rings (SSSR count). The van der Waals surface area contributed by atoms with E-state index in [1.165, 1.54) is 6.26 Å². The number of rotatable bonds is 6. The molecule has 17 heavy (non-hydrogen) atoms. The fourth-order valence-corrected chi connectivity index (χ4v) is 1.38. The monoisotopic (exact) mass is 234 g/mol. The van der Waals surface area contributed by atoms with E-state index in [9.17, 15) is 4.79 Å². The van der Waals surface area contributed by atoms with Gasteiger partial charge in [-0.25, -0.2) is 0 Å². The van der Waals surface area contributed by atoms with Crippen molar-refractivity contribution in [1.82, 2.24) is 10.6 Å². The molecule has 0 unspecified atom stereocenters.